The Morgan fingerprint density at radius 1 is 1.56 bits per heavy atom. The van der Waals surface area contributed by atoms with Crippen LogP contribution < -0.4 is 0 Å². The number of thioether (sulfide) groups is 1. The summed E-state index contributed by atoms with van der Waals surface area (Å²) in [6.07, 6.45) is 4.62. The first-order chi connectivity index (χ1) is 7.79. The molecule has 1 aliphatic rings. The summed E-state index contributed by atoms with van der Waals surface area (Å²) in [4.78, 5) is 11.3. The number of hydrogen-bond acceptors (Lipinski definition) is 3. The summed E-state index contributed by atoms with van der Waals surface area (Å²) in [5, 5.41) is 4.88. The van der Waals surface area contributed by atoms with Crippen LogP contribution in [0.25, 0.3) is 0 Å². The Balaban J connectivity index is 1.94. The van der Waals surface area contributed by atoms with Gasteiger partial charge in [0, 0.05) is 17.4 Å². The lowest BCUT2D eigenvalue weighted by Gasteiger charge is -2.22. The van der Waals surface area contributed by atoms with E-state index < -0.39 is 0 Å². The molecule has 0 spiro atoms. The third-order valence-corrected chi connectivity index (χ3v) is 5.03. The standard InChI is InChI=1S/C13H16OS2/c1-2-11-7-12(14)3-4-13(11)16-9-10-5-6-15-8-10/h5-8,13H,2-4,9H2,1H3. The van der Waals surface area contributed by atoms with E-state index in [0.717, 1.165) is 25.0 Å². The number of carbonyl (C=O) groups is 1. The van der Waals surface area contributed by atoms with E-state index in [1.807, 2.05) is 17.8 Å². The molecule has 1 heterocycles. The normalized spacial score (nSPS) is 20.9. The van der Waals surface area contributed by atoms with E-state index in [0.29, 0.717) is 11.0 Å². The van der Waals surface area contributed by atoms with Gasteiger partial charge in [-0.3, -0.25) is 4.79 Å². The van der Waals surface area contributed by atoms with Crippen molar-refractivity contribution in [2.45, 2.75) is 37.2 Å². The highest BCUT2D eigenvalue weighted by Crippen LogP contribution is 2.32. The molecule has 16 heavy (non-hydrogen) atoms. The van der Waals surface area contributed by atoms with Crippen molar-refractivity contribution in [1.82, 2.24) is 0 Å². The van der Waals surface area contributed by atoms with Gasteiger partial charge in [0.1, 0.15) is 0 Å². The van der Waals surface area contributed by atoms with Crippen molar-refractivity contribution < 1.29 is 4.79 Å². The van der Waals surface area contributed by atoms with E-state index in [-0.39, 0.29) is 0 Å². The SMILES string of the molecule is CCC1=CC(=O)CCC1SCc1ccsc1. The summed E-state index contributed by atoms with van der Waals surface area (Å²) in [5.74, 6) is 1.38. The number of rotatable bonds is 4. The second kappa shape index (κ2) is 5.69. The smallest absolute Gasteiger partial charge is 0.155 e. The minimum Gasteiger partial charge on any atom is -0.295 e. The predicted molar refractivity (Wildman–Crippen MR) is 72.0 cm³/mol. The van der Waals surface area contributed by atoms with Crippen molar-refractivity contribution in [2.75, 3.05) is 0 Å². The number of thiophene rings is 1. The third-order valence-electron chi connectivity index (χ3n) is 2.85. The van der Waals surface area contributed by atoms with E-state index >= 15 is 0 Å². The quantitative estimate of drug-likeness (QED) is 0.804. The van der Waals surface area contributed by atoms with E-state index in [2.05, 4.69) is 23.8 Å². The lowest BCUT2D eigenvalue weighted by molar-refractivity contribution is -0.115. The van der Waals surface area contributed by atoms with Gasteiger partial charge in [0.2, 0.25) is 0 Å². The Hall–Kier alpha value is -0.540. The van der Waals surface area contributed by atoms with E-state index in [9.17, 15) is 4.79 Å². The fourth-order valence-electron chi connectivity index (χ4n) is 1.92. The van der Waals surface area contributed by atoms with Gasteiger partial charge in [-0.05, 0) is 41.3 Å². The van der Waals surface area contributed by atoms with Gasteiger partial charge in [-0.15, -0.1) is 11.8 Å². The zero-order chi connectivity index (χ0) is 11.4. The molecule has 86 valence electrons. The topological polar surface area (TPSA) is 17.1 Å². The van der Waals surface area contributed by atoms with E-state index in [1.54, 1.807) is 11.3 Å². The molecular weight excluding hydrogens is 236 g/mol. The number of carbonyl (C=O) groups excluding carboxylic acids is 1. The van der Waals surface area contributed by atoms with Gasteiger partial charge in [-0.2, -0.15) is 11.3 Å². The second-order valence-electron chi connectivity index (χ2n) is 4.01. The van der Waals surface area contributed by atoms with Crippen LogP contribution in [0.4, 0.5) is 0 Å². The highest BCUT2D eigenvalue weighted by atomic mass is 32.2. The van der Waals surface area contributed by atoms with Crippen molar-refractivity contribution in [2.24, 2.45) is 0 Å². The Bertz CT molecular complexity index is 379. The highest BCUT2D eigenvalue weighted by molar-refractivity contribution is 7.99. The van der Waals surface area contributed by atoms with Gasteiger partial charge in [0.25, 0.3) is 0 Å². The average Bonchev–Trinajstić information content (AvgIpc) is 2.80. The minimum absolute atomic E-state index is 0.309. The fraction of sp³-hybridized carbons (Fsp3) is 0.462. The van der Waals surface area contributed by atoms with Crippen molar-refractivity contribution in [3.63, 3.8) is 0 Å². The van der Waals surface area contributed by atoms with Gasteiger partial charge in [-0.1, -0.05) is 12.5 Å². The summed E-state index contributed by atoms with van der Waals surface area (Å²) < 4.78 is 0. The Morgan fingerprint density at radius 2 is 2.44 bits per heavy atom. The maximum absolute atomic E-state index is 11.3. The van der Waals surface area contributed by atoms with Crippen LogP contribution in [0.15, 0.2) is 28.5 Å². The molecule has 1 aliphatic carbocycles. The van der Waals surface area contributed by atoms with Crippen LogP contribution in [-0.4, -0.2) is 11.0 Å². The predicted octanol–water partition coefficient (Wildman–Crippen LogP) is 4.05. The van der Waals surface area contributed by atoms with Crippen molar-refractivity contribution in [3.05, 3.63) is 34.0 Å². The first-order valence-corrected chi connectivity index (χ1v) is 7.64. The molecule has 1 aromatic heterocycles. The molecule has 0 N–H and O–H groups in total. The zero-order valence-corrected chi connectivity index (χ0v) is 11.1. The lowest BCUT2D eigenvalue weighted by Crippen LogP contribution is -2.16. The van der Waals surface area contributed by atoms with E-state index in [4.69, 9.17) is 0 Å². The molecule has 0 aliphatic heterocycles. The molecule has 0 radical (unpaired) electrons. The summed E-state index contributed by atoms with van der Waals surface area (Å²) in [5.41, 5.74) is 2.74. The van der Waals surface area contributed by atoms with Crippen LogP contribution in [0.2, 0.25) is 0 Å². The lowest BCUT2D eigenvalue weighted by atomic mass is 9.96. The maximum atomic E-state index is 11.3. The summed E-state index contributed by atoms with van der Waals surface area (Å²) in [6.45, 7) is 2.14. The molecule has 0 saturated carbocycles. The molecule has 0 saturated heterocycles. The minimum atomic E-state index is 0.309. The fourth-order valence-corrected chi connectivity index (χ4v) is 4.00. The first-order valence-electron chi connectivity index (χ1n) is 5.65. The van der Waals surface area contributed by atoms with Crippen molar-refractivity contribution in [3.8, 4) is 0 Å². The maximum Gasteiger partial charge on any atom is 0.155 e. The molecule has 1 aromatic rings. The molecule has 3 heteroatoms. The van der Waals surface area contributed by atoms with Gasteiger partial charge >= 0.3 is 0 Å². The Kier molecular flexibility index (Phi) is 4.24. The summed E-state index contributed by atoms with van der Waals surface area (Å²) >= 11 is 3.73. The molecule has 0 amide bonds. The molecule has 1 nitrogen and oxygen atoms in total. The molecule has 0 bridgehead atoms. The highest BCUT2D eigenvalue weighted by Gasteiger charge is 2.20. The zero-order valence-electron chi connectivity index (χ0n) is 9.44. The van der Waals surface area contributed by atoms with E-state index in [1.165, 1.54) is 11.1 Å². The monoisotopic (exact) mass is 252 g/mol. The molecule has 2 rings (SSSR count). The molecule has 0 aromatic carbocycles. The van der Waals surface area contributed by atoms with Crippen LogP contribution in [-0.2, 0) is 10.5 Å². The van der Waals surface area contributed by atoms with Crippen LogP contribution >= 0.6 is 23.1 Å². The van der Waals surface area contributed by atoms with Crippen LogP contribution in [0.5, 0.6) is 0 Å². The van der Waals surface area contributed by atoms with Gasteiger partial charge in [0.05, 0.1) is 0 Å². The summed E-state index contributed by atoms with van der Waals surface area (Å²) in [6, 6.07) is 2.18. The summed E-state index contributed by atoms with van der Waals surface area (Å²) in [7, 11) is 0. The van der Waals surface area contributed by atoms with Crippen LogP contribution in [0.3, 0.4) is 0 Å². The largest absolute Gasteiger partial charge is 0.295 e. The Morgan fingerprint density at radius 3 is 3.12 bits per heavy atom. The average molecular weight is 252 g/mol. The molecule has 1 unspecified atom stereocenters. The number of allylic oxidation sites excluding steroid dienone is 1. The van der Waals surface area contributed by atoms with Crippen molar-refractivity contribution >= 4 is 28.9 Å². The molecule has 1 atom stereocenters. The van der Waals surface area contributed by atoms with Crippen LogP contribution in [0, 0.1) is 0 Å². The van der Waals surface area contributed by atoms with Crippen LogP contribution in [0.1, 0.15) is 31.7 Å². The van der Waals surface area contributed by atoms with Gasteiger partial charge in [0.15, 0.2) is 5.78 Å². The van der Waals surface area contributed by atoms with Crippen molar-refractivity contribution in [1.29, 1.82) is 0 Å². The second-order valence-corrected chi connectivity index (χ2v) is 5.98. The third kappa shape index (κ3) is 2.98. The first kappa shape index (κ1) is 11.9. The van der Waals surface area contributed by atoms with Gasteiger partial charge in [-0.25, -0.2) is 0 Å². The molecular formula is C13H16OS2. The van der Waals surface area contributed by atoms with Gasteiger partial charge < -0.3 is 0 Å². The Labute approximate surface area is 105 Å². The number of ketones is 1. The molecule has 0 fully saturated rings. The number of hydrogen-bond donors (Lipinski definition) is 0.